The van der Waals surface area contributed by atoms with Crippen LogP contribution in [0.1, 0.15) is 16.7 Å². The van der Waals surface area contributed by atoms with Crippen molar-refractivity contribution in [3.05, 3.63) is 63.8 Å². The Morgan fingerprint density at radius 3 is 2.28 bits per heavy atom. The number of aryl methyl sites for hydroxylation is 3. The van der Waals surface area contributed by atoms with E-state index >= 15 is 0 Å². The van der Waals surface area contributed by atoms with Crippen LogP contribution in [0.15, 0.2) is 52.0 Å². The molecule has 0 spiro atoms. The number of hydrogen-bond acceptors (Lipinski definition) is 2. The molecule has 29 heavy (non-hydrogen) atoms. The van der Waals surface area contributed by atoms with Crippen molar-refractivity contribution >= 4 is 36.9 Å². The molecule has 9 heteroatoms. The summed E-state index contributed by atoms with van der Waals surface area (Å²) in [5, 5.41) is 0.766. The van der Waals surface area contributed by atoms with E-state index in [9.17, 15) is 21.6 Å². The predicted molar refractivity (Wildman–Crippen MR) is 110 cm³/mol. The van der Waals surface area contributed by atoms with Crippen molar-refractivity contribution in [3.63, 3.8) is 0 Å². The average Bonchev–Trinajstić information content (AvgIpc) is 2.94. The molecule has 1 N–H and O–H groups in total. The maximum atomic E-state index is 13.8. The highest BCUT2D eigenvalue weighted by molar-refractivity contribution is 9.10. The van der Waals surface area contributed by atoms with Crippen LogP contribution >= 0.6 is 15.9 Å². The molecular formula is C20H20BrF3N2O2S. The summed E-state index contributed by atoms with van der Waals surface area (Å²) in [4.78, 5) is -0.113. The van der Waals surface area contributed by atoms with Crippen molar-refractivity contribution in [1.82, 2.24) is 9.29 Å². The van der Waals surface area contributed by atoms with Crippen LogP contribution in [-0.4, -0.2) is 25.2 Å². The molecule has 3 aromatic rings. The second kappa shape index (κ2) is 7.77. The third-order valence-electron chi connectivity index (χ3n) is 4.68. The lowest BCUT2D eigenvalue weighted by atomic mass is 10.1. The topological polar surface area (TPSA) is 51.1 Å². The van der Waals surface area contributed by atoms with E-state index in [2.05, 4.69) is 15.9 Å². The molecule has 0 aliphatic rings. The molecule has 0 radical (unpaired) electrons. The van der Waals surface area contributed by atoms with Gasteiger partial charge in [0.15, 0.2) is 0 Å². The molecule has 0 aliphatic carbocycles. The van der Waals surface area contributed by atoms with Gasteiger partial charge in [-0.25, -0.2) is 8.42 Å². The summed E-state index contributed by atoms with van der Waals surface area (Å²) in [6.07, 6.45) is -3.24. The van der Waals surface area contributed by atoms with E-state index in [0.29, 0.717) is 16.6 Å². The van der Waals surface area contributed by atoms with Crippen LogP contribution < -0.4 is 4.72 Å². The van der Waals surface area contributed by atoms with E-state index in [4.69, 9.17) is 0 Å². The molecule has 2 aromatic carbocycles. The number of aromatic nitrogens is 1. The fraction of sp³-hybridized carbons (Fsp3) is 0.300. The highest BCUT2D eigenvalue weighted by Gasteiger charge is 2.43. The summed E-state index contributed by atoms with van der Waals surface area (Å²) in [7, 11) is -4.38. The number of hydrogen-bond donors (Lipinski definition) is 1. The van der Waals surface area contributed by atoms with Crippen LogP contribution in [0.4, 0.5) is 13.2 Å². The number of nitrogens with one attached hydrogen (secondary N) is 1. The standard InChI is InChI=1S/C20H20BrF3N2O2S/c1-12-8-13(2)19(14(3)9-12)29(27,28)25-18(20(22,23)24)11-26-7-6-15-4-5-16(21)10-17(15)26/h4-10,18,25H,11H2,1-3H3. The first-order chi connectivity index (χ1) is 13.4. The van der Waals surface area contributed by atoms with Gasteiger partial charge in [-0.1, -0.05) is 39.7 Å². The van der Waals surface area contributed by atoms with E-state index in [1.54, 1.807) is 57.2 Å². The van der Waals surface area contributed by atoms with Crippen LogP contribution in [-0.2, 0) is 16.6 Å². The van der Waals surface area contributed by atoms with E-state index in [1.165, 1.54) is 10.8 Å². The number of sulfonamides is 1. The minimum atomic E-state index is -4.76. The van der Waals surface area contributed by atoms with Crippen LogP contribution in [0.25, 0.3) is 10.9 Å². The lowest BCUT2D eigenvalue weighted by Crippen LogP contribution is -2.48. The van der Waals surface area contributed by atoms with Gasteiger partial charge in [-0.3, -0.25) is 0 Å². The monoisotopic (exact) mass is 488 g/mol. The van der Waals surface area contributed by atoms with Gasteiger partial charge in [0.05, 0.1) is 4.90 Å². The maximum absolute atomic E-state index is 13.8. The molecular weight excluding hydrogens is 469 g/mol. The first kappa shape index (κ1) is 21.9. The summed E-state index contributed by atoms with van der Waals surface area (Å²) in [5.41, 5.74) is 2.24. The normalized spacial score (nSPS) is 13.8. The third-order valence-corrected chi connectivity index (χ3v) is 6.95. The highest BCUT2D eigenvalue weighted by atomic mass is 79.9. The van der Waals surface area contributed by atoms with Crippen molar-refractivity contribution in [2.24, 2.45) is 0 Å². The summed E-state index contributed by atoms with van der Waals surface area (Å²) < 4.78 is 71.0. The number of rotatable bonds is 5. The first-order valence-corrected chi connectivity index (χ1v) is 11.1. The van der Waals surface area contributed by atoms with Gasteiger partial charge in [0.25, 0.3) is 0 Å². The van der Waals surface area contributed by atoms with Gasteiger partial charge in [-0.05, 0) is 55.5 Å². The smallest absolute Gasteiger partial charge is 0.345 e. The molecule has 4 nitrogen and oxygen atoms in total. The molecule has 156 valence electrons. The Morgan fingerprint density at radius 2 is 1.69 bits per heavy atom. The summed E-state index contributed by atoms with van der Waals surface area (Å²) in [6, 6.07) is 7.97. The fourth-order valence-electron chi connectivity index (χ4n) is 3.56. The minimum absolute atomic E-state index is 0.113. The van der Waals surface area contributed by atoms with Gasteiger partial charge in [-0.2, -0.15) is 17.9 Å². The number of alkyl halides is 3. The Bertz CT molecular complexity index is 1150. The minimum Gasteiger partial charge on any atom is -0.345 e. The molecule has 0 saturated heterocycles. The molecule has 1 unspecified atom stereocenters. The van der Waals surface area contributed by atoms with E-state index in [-0.39, 0.29) is 4.90 Å². The average molecular weight is 489 g/mol. The van der Waals surface area contributed by atoms with Crippen molar-refractivity contribution in [2.45, 2.75) is 44.4 Å². The molecule has 0 amide bonds. The van der Waals surface area contributed by atoms with Gasteiger partial charge in [0.1, 0.15) is 6.04 Å². The van der Waals surface area contributed by atoms with E-state index in [0.717, 1.165) is 15.4 Å². The van der Waals surface area contributed by atoms with Crippen LogP contribution in [0.2, 0.25) is 0 Å². The second-order valence-corrected chi connectivity index (χ2v) is 9.68. The zero-order valence-electron chi connectivity index (χ0n) is 16.0. The third kappa shape index (κ3) is 4.67. The summed E-state index contributed by atoms with van der Waals surface area (Å²) in [5.74, 6) is 0. The zero-order valence-corrected chi connectivity index (χ0v) is 18.4. The summed E-state index contributed by atoms with van der Waals surface area (Å²) >= 11 is 3.31. The van der Waals surface area contributed by atoms with Crippen molar-refractivity contribution in [1.29, 1.82) is 0 Å². The number of benzene rings is 2. The van der Waals surface area contributed by atoms with Crippen LogP contribution in [0, 0.1) is 20.8 Å². The lowest BCUT2D eigenvalue weighted by Gasteiger charge is -2.24. The Morgan fingerprint density at radius 1 is 1.07 bits per heavy atom. The molecule has 1 heterocycles. The van der Waals surface area contributed by atoms with Gasteiger partial charge in [0.2, 0.25) is 10.0 Å². The first-order valence-electron chi connectivity index (χ1n) is 8.80. The Kier molecular flexibility index (Phi) is 5.86. The van der Waals surface area contributed by atoms with Crippen LogP contribution in [0.3, 0.4) is 0 Å². The highest BCUT2D eigenvalue weighted by Crippen LogP contribution is 2.28. The molecule has 1 aromatic heterocycles. The van der Waals surface area contributed by atoms with E-state index < -0.39 is 28.8 Å². The quantitative estimate of drug-likeness (QED) is 0.533. The number of fused-ring (bicyclic) bond motifs is 1. The number of nitrogens with zero attached hydrogens (tertiary/aromatic N) is 1. The van der Waals surface area contributed by atoms with E-state index in [1.807, 2.05) is 4.72 Å². The van der Waals surface area contributed by atoms with Crippen molar-refractivity contribution in [2.75, 3.05) is 0 Å². The second-order valence-electron chi connectivity index (χ2n) is 7.11. The lowest BCUT2D eigenvalue weighted by molar-refractivity contribution is -0.154. The summed E-state index contributed by atoms with van der Waals surface area (Å²) in [6.45, 7) is 4.38. The van der Waals surface area contributed by atoms with Gasteiger partial charge in [0, 0.05) is 22.7 Å². The predicted octanol–water partition coefficient (Wildman–Crippen LogP) is 5.24. The Balaban J connectivity index is 1.99. The Labute approximate surface area is 175 Å². The van der Waals surface area contributed by atoms with Crippen molar-refractivity contribution < 1.29 is 21.6 Å². The van der Waals surface area contributed by atoms with Crippen molar-refractivity contribution in [3.8, 4) is 0 Å². The van der Waals surface area contributed by atoms with Gasteiger partial charge < -0.3 is 4.57 Å². The SMILES string of the molecule is Cc1cc(C)c(S(=O)(=O)NC(Cn2ccc3ccc(Br)cc32)C(F)(F)F)c(C)c1. The molecule has 3 rings (SSSR count). The van der Waals surface area contributed by atoms with Gasteiger partial charge in [-0.15, -0.1) is 0 Å². The fourth-order valence-corrected chi connectivity index (χ4v) is 5.57. The molecule has 0 saturated carbocycles. The number of halogens is 4. The van der Waals surface area contributed by atoms with Gasteiger partial charge >= 0.3 is 6.18 Å². The molecule has 0 aliphatic heterocycles. The largest absolute Gasteiger partial charge is 0.406 e. The zero-order chi connectivity index (χ0) is 21.6. The van der Waals surface area contributed by atoms with Crippen LogP contribution in [0.5, 0.6) is 0 Å². The molecule has 1 atom stereocenters. The molecule has 0 bridgehead atoms. The Hall–Kier alpha value is -1.84. The maximum Gasteiger partial charge on any atom is 0.406 e. The molecule has 0 fully saturated rings.